The van der Waals surface area contributed by atoms with Gasteiger partial charge in [-0.2, -0.15) is 4.31 Å². The highest BCUT2D eigenvalue weighted by Gasteiger charge is 2.58. The van der Waals surface area contributed by atoms with E-state index in [2.05, 4.69) is 6.08 Å². The normalized spacial score (nSPS) is 24.4. The molecule has 270 valence electrons. The van der Waals surface area contributed by atoms with Crippen LogP contribution < -0.4 is 0 Å². The number of benzene rings is 4. The first kappa shape index (κ1) is 37.4. The molecule has 3 aliphatic rings. The van der Waals surface area contributed by atoms with Gasteiger partial charge in [0, 0.05) is 41.1 Å². The molecule has 7 rings (SSSR count). The molecule has 0 aromatic heterocycles. The van der Waals surface area contributed by atoms with Crippen LogP contribution in [0.15, 0.2) is 90.5 Å². The number of nitrogens with zero attached hydrogens (tertiary/aromatic N) is 1. The van der Waals surface area contributed by atoms with Gasteiger partial charge in [0.05, 0.1) is 18.0 Å². The van der Waals surface area contributed by atoms with Crippen LogP contribution >= 0.6 is 11.6 Å². The van der Waals surface area contributed by atoms with Gasteiger partial charge in [0.15, 0.2) is 5.78 Å². The van der Waals surface area contributed by atoms with E-state index in [4.69, 9.17) is 11.6 Å². The molecule has 4 atom stereocenters. The predicted octanol–water partition coefficient (Wildman–Crippen LogP) is 8.56. The third kappa shape index (κ3) is 7.86. The fourth-order valence-electron chi connectivity index (χ4n) is 8.40. The topological polar surface area (TPSA) is 94.9 Å². The summed E-state index contributed by atoms with van der Waals surface area (Å²) in [6.45, 7) is 4.07. The summed E-state index contributed by atoms with van der Waals surface area (Å²) in [5.74, 6) is -1.17. The second-order valence-electron chi connectivity index (χ2n) is 14.9. The number of allylic oxidation sites excluding steroid dienone is 2. The van der Waals surface area contributed by atoms with Crippen molar-refractivity contribution in [2.24, 2.45) is 5.41 Å². The smallest absolute Gasteiger partial charge is 0.211 e. The van der Waals surface area contributed by atoms with Crippen LogP contribution in [0, 0.1) is 11.2 Å². The Morgan fingerprint density at radius 2 is 1.76 bits per heavy atom. The number of Topliss-reactive ketones (excluding diaryl/α,β-unsaturated/α-hetero) is 1. The highest BCUT2D eigenvalue weighted by molar-refractivity contribution is 7.88. The Balaban J connectivity index is 1.43. The Kier molecular flexibility index (Phi) is 10.9. The largest absolute Gasteiger partial charge is 0.393 e. The molecule has 2 N–H and O–H groups in total. The molecular formula is C42H47ClFNO5S. The first-order valence-electron chi connectivity index (χ1n) is 17.8. The van der Waals surface area contributed by atoms with Crippen molar-refractivity contribution in [1.82, 2.24) is 4.31 Å². The second-order valence-corrected chi connectivity index (χ2v) is 17.3. The van der Waals surface area contributed by atoms with Crippen LogP contribution in [0.5, 0.6) is 0 Å². The number of fused-ring (bicyclic) bond motifs is 9. The number of carbonyl (C=O) groups excluding carboxylic acids is 1. The number of halogens is 2. The zero-order valence-electron chi connectivity index (χ0n) is 29.5. The highest BCUT2D eigenvalue weighted by atomic mass is 35.5. The van der Waals surface area contributed by atoms with Crippen LogP contribution in [0.2, 0.25) is 5.02 Å². The molecule has 0 spiro atoms. The molecule has 0 unspecified atom stereocenters. The van der Waals surface area contributed by atoms with Crippen LogP contribution in [-0.2, 0) is 29.4 Å². The van der Waals surface area contributed by atoms with Crippen LogP contribution in [0.1, 0.15) is 90.9 Å². The van der Waals surface area contributed by atoms with Gasteiger partial charge in [-0.3, -0.25) is 4.79 Å². The number of aliphatic hydroxyl groups excluding tert-OH is 1. The molecule has 6 nitrogen and oxygen atoms in total. The molecule has 4 aromatic rings. The third-order valence-electron chi connectivity index (χ3n) is 11.5. The van der Waals surface area contributed by atoms with E-state index in [1.54, 1.807) is 6.07 Å². The first-order chi connectivity index (χ1) is 24.2. The second kappa shape index (κ2) is 14.9. The van der Waals surface area contributed by atoms with E-state index >= 15 is 0 Å². The van der Waals surface area contributed by atoms with Gasteiger partial charge >= 0.3 is 0 Å². The van der Waals surface area contributed by atoms with E-state index in [9.17, 15) is 27.8 Å². The van der Waals surface area contributed by atoms with Gasteiger partial charge in [-0.15, -0.1) is 0 Å². The fraction of sp³-hybridized carbons (Fsp3) is 0.405. The monoisotopic (exact) mass is 731 g/mol. The molecule has 9 heteroatoms. The summed E-state index contributed by atoms with van der Waals surface area (Å²) in [4.78, 5) is 14.2. The Labute approximate surface area is 306 Å². The van der Waals surface area contributed by atoms with Gasteiger partial charge in [0.25, 0.3) is 0 Å². The molecule has 1 saturated carbocycles. The molecule has 2 bridgehead atoms. The van der Waals surface area contributed by atoms with Gasteiger partial charge in [0.2, 0.25) is 10.0 Å². The molecule has 0 radical (unpaired) electrons. The van der Waals surface area contributed by atoms with Gasteiger partial charge in [-0.05, 0) is 103 Å². The lowest BCUT2D eigenvalue weighted by Crippen LogP contribution is -2.53. The SMILES string of the molecule is CC1=CCC[C@@]2(C)[C@@H](CC[C@@]2(O)CN(Cc2cccc3ccccc23)S(C)(=O)=O)c2ccc(cc2C(=O)Cc2c(F)cccc2Cl)C[C@@H](O)CC1. The van der Waals surface area contributed by atoms with Crippen molar-refractivity contribution in [3.8, 4) is 0 Å². The summed E-state index contributed by atoms with van der Waals surface area (Å²) in [5.41, 5.74) is 1.78. The molecule has 51 heavy (non-hydrogen) atoms. The number of hydrogen-bond donors (Lipinski definition) is 2. The molecule has 0 heterocycles. The number of carbonyl (C=O) groups is 1. The fourth-order valence-corrected chi connectivity index (χ4v) is 9.45. The Bertz CT molecular complexity index is 2060. The zero-order chi connectivity index (χ0) is 36.6. The van der Waals surface area contributed by atoms with Crippen molar-refractivity contribution in [3.63, 3.8) is 0 Å². The van der Waals surface area contributed by atoms with E-state index in [0.29, 0.717) is 50.5 Å². The van der Waals surface area contributed by atoms with Gasteiger partial charge < -0.3 is 10.2 Å². The van der Waals surface area contributed by atoms with E-state index < -0.39 is 33.0 Å². The van der Waals surface area contributed by atoms with E-state index in [-0.39, 0.29) is 41.8 Å². The number of rotatable bonds is 8. The van der Waals surface area contributed by atoms with E-state index in [1.807, 2.05) is 74.5 Å². The first-order valence-corrected chi connectivity index (χ1v) is 20.0. The predicted molar refractivity (Wildman–Crippen MR) is 202 cm³/mol. The number of aliphatic hydroxyl groups is 2. The summed E-state index contributed by atoms with van der Waals surface area (Å²) in [7, 11) is -3.76. The zero-order valence-corrected chi connectivity index (χ0v) is 31.1. The quantitative estimate of drug-likeness (QED) is 0.140. The Morgan fingerprint density at radius 1 is 1.02 bits per heavy atom. The van der Waals surface area contributed by atoms with E-state index in [1.165, 1.54) is 22.7 Å². The summed E-state index contributed by atoms with van der Waals surface area (Å²) in [6, 6.07) is 23.7. The van der Waals surface area contributed by atoms with Crippen molar-refractivity contribution in [1.29, 1.82) is 0 Å². The van der Waals surface area contributed by atoms with Gasteiger partial charge in [-0.25, -0.2) is 12.8 Å². The van der Waals surface area contributed by atoms with Crippen molar-refractivity contribution in [3.05, 3.63) is 129 Å². The summed E-state index contributed by atoms with van der Waals surface area (Å²) >= 11 is 6.36. The number of ketones is 1. The van der Waals surface area contributed by atoms with Crippen LogP contribution in [0.25, 0.3) is 10.8 Å². The van der Waals surface area contributed by atoms with E-state index in [0.717, 1.165) is 33.0 Å². The minimum absolute atomic E-state index is 0.104. The van der Waals surface area contributed by atoms with Crippen molar-refractivity contribution in [2.45, 2.75) is 89.4 Å². The molecule has 4 aromatic carbocycles. The maximum Gasteiger partial charge on any atom is 0.211 e. The summed E-state index contributed by atoms with van der Waals surface area (Å²) in [6.07, 6.45) is 6.12. The number of sulfonamides is 1. The Hall–Kier alpha value is -3.40. The molecule has 3 aliphatic carbocycles. The molecule has 0 amide bonds. The minimum atomic E-state index is -3.76. The maximum absolute atomic E-state index is 14.9. The van der Waals surface area contributed by atoms with Crippen molar-refractivity contribution in [2.75, 3.05) is 12.8 Å². The average molecular weight is 732 g/mol. The lowest BCUT2D eigenvalue weighted by Gasteiger charge is -2.45. The van der Waals surface area contributed by atoms with Crippen LogP contribution in [0.4, 0.5) is 4.39 Å². The van der Waals surface area contributed by atoms with Crippen LogP contribution in [0.3, 0.4) is 0 Å². The molecule has 1 fully saturated rings. The van der Waals surface area contributed by atoms with Crippen molar-refractivity contribution < 1.29 is 27.8 Å². The summed E-state index contributed by atoms with van der Waals surface area (Å²) < 4.78 is 43.3. The lowest BCUT2D eigenvalue weighted by atomic mass is 9.64. The minimum Gasteiger partial charge on any atom is -0.393 e. The van der Waals surface area contributed by atoms with Gasteiger partial charge in [0.1, 0.15) is 5.82 Å². The third-order valence-corrected chi connectivity index (χ3v) is 13.1. The Morgan fingerprint density at radius 3 is 2.53 bits per heavy atom. The van der Waals surface area contributed by atoms with Crippen LogP contribution in [-0.4, -0.2) is 53.2 Å². The van der Waals surface area contributed by atoms with Crippen molar-refractivity contribution >= 4 is 38.2 Å². The maximum atomic E-state index is 14.9. The number of hydrogen-bond acceptors (Lipinski definition) is 5. The summed E-state index contributed by atoms with van der Waals surface area (Å²) in [5, 5.41) is 25.9. The standard InChI is InChI=1S/C42H47ClFNO5S/c1-28-9-8-21-41(2)37(20-22-42(41,48)27-45(51(3,49)50)26-31-12-6-11-30-10-4-5-13-33(30)31)34-19-17-29(23-32(46)18-16-28)24-35(34)40(47)25-36-38(43)14-7-15-39(36)44/h4-7,9-15,17,19,24,32,37,46,48H,8,16,18,20-23,25-27H2,1-3H3/t32-,37-,41-,42+/m0/s1. The molecular weight excluding hydrogens is 685 g/mol. The van der Waals surface area contributed by atoms with Gasteiger partial charge in [-0.1, -0.05) is 90.8 Å². The molecule has 0 aliphatic heterocycles. The average Bonchev–Trinajstić information content (AvgIpc) is 3.33. The lowest BCUT2D eigenvalue weighted by molar-refractivity contribution is -0.0731. The highest BCUT2D eigenvalue weighted by Crippen LogP contribution is 2.59. The molecule has 0 saturated heterocycles.